The maximum Gasteiger partial charge on any atom is 0.311 e. The molecule has 0 spiro atoms. The summed E-state index contributed by atoms with van der Waals surface area (Å²) in [6, 6.07) is 20.9. The number of benzene rings is 3. The number of aryl methyl sites for hydroxylation is 1. The minimum Gasteiger partial charge on any atom is -0.497 e. The van der Waals surface area contributed by atoms with Crippen molar-refractivity contribution in [3.8, 4) is 22.8 Å². The highest BCUT2D eigenvalue weighted by atomic mass is 35.5. The Hall–Kier alpha value is -4.54. The molecule has 238 valence electrons. The Kier molecular flexibility index (Phi) is 9.19. The Morgan fingerprint density at radius 3 is 2.13 bits per heavy atom. The molecular formula is C35H34ClF2N5O3. The molecule has 0 aliphatic carbocycles. The summed E-state index contributed by atoms with van der Waals surface area (Å²) in [6.45, 7) is 6.26. The zero-order chi connectivity index (χ0) is 32.4. The van der Waals surface area contributed by atoms with Crippen LogP contribution in [0.5, 0.6) is 11.5 Å². The third kappa shape index (κ3) is 6.54. The largest absolute Gasteiger partial charge is 0.497 e. The van der Waals surface area contributed by atoms with Crippen LogP contribution in [-0.4, -0.2) is 55.0 Å². The summed E-state index contributed by atoms with van der Waals surface area (Å²) in [5.74, 6) is 1.66. The number of rotatable bonds is 9. The molecule has 1 fully saturated rings. The smallest absolute Gasteiger partial charge is 0.311 e. The molecule has 3 aromatic carbocycles. The Morgan fingerprint density at radius 2 is 1.54 bits per heavy atom. The molecule has 3 heterocycles. The predicted octanol–water partition coefficient (Wildman–Crippen LogP) is 7.38. The van der Waals surface area contributed by atoms with Gasteiger partial charge in [0.1, 0.15) is 28.7 Å². The summed E-state index contributed by atoms with van der Waals surface area (Å²) in [4.78, 5) is 16.8. The van der Waals surface area contributed by atoms with E-state index in [4.69, 9.17) is 30.8 Å². The van der Waals surface area contributed by atoms with Crippen LogP contribution in [0.3, 0.4) is 0 Å². The summed E-state index contributed by atoms with van der Waals surface area (Å²) >= 11 is 6.82. The number of fused-ring (bicyclic) bond motifs is 1. The highest BCUT2D eigenvalue weighted by molar-refractivity contribution is 6.34. The van der Waals surface area contributed by atoms with E-state index < -0.39 is 11.9 Å². The molecule has 5 aromatic rings. The highest BCUT2D eigenvalue weighted by Crippen LogP contribution is 2.39. The van der Waals surface area contributed by atoms with Crippen LogP contribution in [0.25, 0.3) is 22.2 Å². The van der Waals surface area contributed by atoms with Crippen LogP contribution in [0.15, 0.2) is 66.7 Å². The first kappa shape index (κ1) is 31.4. The Bertz CT molecular complexity index is 1810. The molecule has 0 unspecified atom stereocenters. The number of methoxy groups -OCH3 is 2. The maximum atomic E-state index is 16.5. The molecule has 0 N–H and O–H groups in total. The van der Waals surface area contributed by atoms with Crippen molar-refractivity contribution in [2.24, 2.45) is 0 Å². The van der Waals surface area contributed by atoms with Crippen LogP contribution >= 0.6 is 11.6 Å². The predicted molar refractivity (Wildman–Crippen MR) is 176 cm³/mol. The van der Waals surface area contributed by atoms with Crippen LogP contribution in [-0.2, 0) is 17.8 Å². The van der Waals surface area contributed by atoms with E-state index in [2.05, 4.69) is 14.9 Å². The lowest BCUT2D eigenvalue weighted by Crippen LogP contribution is -2.44. The molecule has 6 rings (SSSR count). The molecule has 1 aliphatic rings. The van der Waals surface area contributed by atoms with Crippen molar-refractivity contribution in [1.82, 2.24) is 15.0 Å². The summed E-state index contributed by atoms with van der Waals surface area (Å²) in [7, 11) is 3.26. The second-order valence-corrected chi connectivity index (χ2v) is 11.7. The number of pyridine rings is 1. The van der Waals surface area contributed by atoms with E-state index in [-0.39, 0.29) is 28.0 Å². The van der Waals surface area contributed by atoms with E-state index in [9.17, 15) is 4.39 Å². The quantitative estimate of drug-likeness (QED) is 0.154. The fourth-order valence-corrected chi connectivity index (χ4v) is 6.00. The summed E-state index contributed by atoms with van der Waals surface area (Å²) in [5.41, 5.74) is 3.12. The SMILES string of the molecule is COc1ccc(CN(Cc2ccc(OC)cc2)c2cc(C)cc(-c3c(Cl)cc4c(N5CCOC[C@@H]5C)nc(F)nc4c3F)n2)cc1. The average Bonchev–Trinajstić information content (AvgIpc) is 3.05. The topological polar surface area (TPSA) is 72.8 Å². The molecule has 0 amide bonds. The molecule has 0 bridgehead atoms. The van der Waals surface area contributed by atoms with Crippen molar-refractivity contribution in [3.05, 3.63) is 100 Å². The number of hydrogen-bond donors (Lipinski definition) is 0. The standard InChI is InChI=1S/C35H34ClF2N5O3/c1-21-15-29(31-28(36)17-27-33(32(31)37)40-35(38)41-34(27)43-13-14-46-20-22(43)2)39-30(16-21)42(18-23-5-9-25(44-3)10-6-23)19-24-7-11-26(45-4)12-8-24/h5-12,15-17,22H,13-14,18-20H2,1-4H3/t22-/m0/s1. The van der Waals surface area contributed by atoms with Gasteiger partial charge in [0, 0.05) is 25.0 Å². The molecule has 0 radical (unpaired) electrons. The van der Waals surface area contributed by atoms with Gasteiger partial charge in [-0.3, -0.25) is 0 Å². The van der Waals surface area contributed by atoms with Gasteiger partial charge in [0.25, 0.3) is 0 Å². The molecule has 1 atom stereocenters. The lowest BCUT2D eigenvalue weighted by molar-refractivity contribution is 0.0986. The zero-order valence-electron chi connectivity index (χ0n) is 26.1. The number of morpholine rings is 1. The molecule has 46 heavy (non-hydrogen) atoms. The third-order valence-electron chi connectivity index (χ3n) is 8.08. The van der Waals surface area contributed by atoms with Crippen LogP contribution < -0.4 is 19.3 Å². The van der Waals surface area contributed by atoms with Gasteiger partial charge in [0.05, 0.1) is 49.8 Å². The second kappa shape index (κ2) is 13.4. The second-order valence-electron chi connectivity index (χ2n) is 11.3. The van der Waals surface area contributed by atoms with Crippen LogP contribution in [0.4, 0.5) is 20.4 Å². The van der Waals surface area contributed by atoms with Crippen molar-refractivity contribution in [1.29, 1.82) is 0 Å². The van der Waals surface area contributed by atoms with Crippen LogP contribution in [0.1, 0.15) is 23.6 Å². The third-order valence-corrected chi connectivity index (χ3v) is 8.37. The maximum absolute atomic E-state index is 16.5. The van der Waals surface area contributed by atoms with Crippen molar-refractivity contribution in [2.45, 2.75) is 33.0 Å². The van der Waals surface area contributed by atoms with Crippen LogP contribution in [0, 0.1) is 18.8 Å². The van der Waals surface area contributed by atoms with Gasteiger partial charge in [0.2, 0.25) is 0 Å². The number of anilines is 2. The lowest BCUT2D eigenvalue weighted by Gasteiger charge is -2.34. The van der Waals surface area contributed by atoms with Gasteiger partial charge in [-0.15, -0.1) is 0 Å². The Balaban J connectivity index is 1.44. The Morgan fingerprint density at radius 1 is 0.913 bits per heavy atom. The number of ether oxygens (including phenoxy) is 3. The summed E-state index contributed by atoms with van der Waals surface area (Å²) < 4.78 is 47.5. The summed E-state index contributed by atoms with van der Waals surface area (Å²) in [5, 5.41) is 0.457. The van der Waals surface area contributed by atoms with Gasteiger partial charge < -0.3 is 24.0 Å². The first-order valence-electron chi connectivity index (χ1n) is 14.9. The first-order valence-corrected chi connectivity index (χ1v) is 15.3. The Labute approximate surface area is 271 Å². The van der Waals surface area contributed by atoms with E-state index in [0.29, 0.717) is 49.7 Å². The van der Waals surface area contributed by atoms with Gasteiger partial charge in [0.15, 0.2) is 5.82 Å². The number of hydrogen-bond acceptors (Lipinski definition) is 8. The minimum atomic E-state index is -1.02. The molecular weight excluding hydrogens is 612 g/mol. The molecule has 8 nitrogen and oxygen atoms in total. The van der Waals surface area contributed by atoms with E-state index in [0.717, 1.165) is 28.2 Å². The normalized spacial score (nSPS) is 14.8. The van der Waals surface area contributed by atoms with E-state index >= 15 is 4.39 Å². The first-order chi connectivity index (χ1) is 22.2. The van der Waals surface area contributed by atoms with Gasteiger partial charge >= 0.3 is 6.08 Å². The molecule has 11 heteroatoms. The average molecular weight is 646 g/mol. The molecule has 1 saturated heterocycles. The molecule has 2 aromatic heterocycles. The summed E-state index contributed by atoms with van der Waals surface area (Å²) in [6.07, 6.45) is -1.02. The fourth-order valence-electron chi connectivity index (χ4n) is 5.71. The highest BCUT2D eigenvalue weighted by Gasteiger charge is 2.27. The van der Waals surface area contributed by atoms with Gasteiger partial charge in [-0.2, -0.15) is 14.4 Å². The molecule has 0 saturated carbocycles. The number of aromatic nitrogens is 3. The van der Waals surface area contributed by atoms with Crippen molar-refractivity contribution < 1.29 is 23.0 Å². The molecule has 1 aliphatic heterocycles. The van der Waals surface area contributed by atoms with Gasteiger partial charge in [-0.25, -0.2) is 9.37 Å². The fraction of sp³-hybridized carbons (Fsp3) is 0.286. The van der Waals surface area contributed by atoms with Crippen LogP contribution in [0.2, 0.25) is 5.02 Å². The number of nitrogens with zero attached hydrogens (tertiary/aromatic N) is 5. The van der Waals surface area contributed by atoms with E-state index in [1.165, 1.54) is 0 Å². The van der Waals surface area contributed by atoms with Crippen molar-refractivity contribution in [2.75, 3.05) is 43.8 Å². The van der Waals surface area contributed by atoms with E-state index in [1.54, 1.807) is 26.4 Å². The number of halogens is 3. The van der Waals surface area contributed by atoms with Crippen molar-refractivity contribution >= 4 is 34.1 Å². The van der Waals surface area contributed by atoms with E-state index in [1.807, 2.05) is 73.3 Å². The van der Waals surface area contributed by atoms with Gasteiger partial charge in [-0.1, -0.05) is 35.9 Å². The monoisotopic (exact) mass is 645 g/mol. The van der Waals surface area contributed by atoms with Crippen molar-refractivity contribution in [3.63, 3.8) is 0 Å². The zero-order valence-corrected chi connectivity index (χ0v) is 26.8. The van der Waals surface area contributed by atoms with Gasteiger partial charge in [-0.05, 0) is 73.0 Å². The lowest BCUT2D eigenvalue weighted by atomic mass is 10.0. The minimum absolute atomic E-state index is 0.0482.